The molecule has 0 aliphatic heterocycles. The van der Waals surface area contributed by atoms with Gasteiger partial charge in [-0.05, 0) is 41.8 Å². The number of halogens is 9. The Kier molecular flexibility index (Phi) is 8.04. The zero-order valence-electron chi connectivity index (χ0n) is 17.9. The second-order valence-corrected chi connectivity index (χ2v) is 8.46. The predicted molar refractivity (Wildman–Crippen MR) is 120 cm³/mol. The van der Waals surface area contributed by atoms with Crippen LogP contribution in [0.3, 0.4) is 0 Å². The van der Waals surface area contributed by atoms with Crippen LogP contribution >= 0.6 is 23.2 Å². The molecule has 0 unspecified atom stereocenters. The highest BCUT2D eigenvalue weighted by Crippen LogP contribution is 2.37. The maximum absolute atomic E-state index is 13.7. The Morgan fingerprint density at radius 3 is 2.22 bits per heavy atom. The number of carbonyl (C=O) groups excluding carboxylic acids is 2. The van der Waals surface area contributed by atoms with Gasteiger partial charge in [-0.15, -0.1) is 0 Å². The van der Waals surface area contributed by atoms with Crippen LogP contribution < -0.4 is 5.32 Å². The third-order valence-corrected chi connectivity index (χ3v) is 5.55. The molecule has 1 heterocycles. The first-order valence-corrected chi connectivity index (χ1v) is 10.8. The van der Waals surface area contributed by atoms with E-state index >= 15 is 0 Å². The second kappa shape index (κ2) is 10.5. The van der Waals surface area contributed by atoms with Gasteiger partial charge in [0.2, 0.25) is 5.91 Å². The minimum Gasteiger partial charge on any atom is -0.360 e. The first kappa shape index (κ1) is 27.5. The number of allylic oxidation sites excluding steroid dienone is 2. The lowest BCUT2D eigenvalue weighted by Crippen LogP contribution is -2.32. The van der Waals surface area contributed by atoms with E-state index in [-0.39, 0.29) is 12.0 Å². The number of Topliss-reactive ketones (excluding diaryl/α,β-unsaturated/α-hetero) is 1. The lowest BCUT2D eigenvalue weighted by Gasteiger charge is -2.14. The Morgan fingerprint density at radius 1 is 1.00 bits per heavy atom. The molecule has 192 valence electrons. The molecule has 0 saturated heterocycles. The third kappa shape index (κ3) is 6.79. The number of fused-ring (bicyclic) bond motifs is 1. The standard InChI is InChI=1S/C23H15Cl2F7N2O2/c24-16-6-12(7-17(25)21(16)26)15(23(30,31)32)3-1-11-2-4-18-13(5-11)14(9-33-18)19(35)10-34-20(36)8-22(27,28)29/h2-7,9,33H,1,8,10H2,(H,34,36). The fraction of sp³-hybridized carbons (Fsp3) is 0.217. The van der Waals surface area contributed by atoms with Crippen molar-refractivity contribution in [3.8, 4) is 0 Å². The summed E-state index contributed by atoms with van der Waals surface area (Å²) in [5, 5.41) is 1.04. The predicted octanol–water partition coefficient (Wildman–Crippen LogP) is 7.05. The highest BCUT2D eigenvalue weighted by atomic mass is 35.5. The van der Waals surface area contributed by atoms with Crippen molar-refractivity contribution in [2.24, 2.45) is 0 Å². The van der Waals surface area contributed by atoms with Gasteiger partial charge in [0.05, 0.1) is 22.2 Å². The molecule has 0 fully saturated rings. The van der Waals surface area contributed by atoms with E-state index < -0.39 is 64.0 Å². The van der Waals surface area contributed by atoms with E-state index in [2.05, 4.69) is 4.98 Å². The average molecular weight is 555 g/mol. The number of nitrogens with one attached hydrogen (secondary N) is 2. The zero-order valence-corrected chi connectivity index (χ0v) is 19.4. The molecular weight excluding hydrogens is 540 g/mol. The van der Waals surface area contributed by atoms with Crippen molar-refractivity contribution >= 4 is 51.4 Å². The largest absolute Gasteiger partial charge is 0.416 e. The number of alkyl halides is 6. The monoisotopic (exact) mass is 554 g/mol. The van der Waals surface area contributed by atoms with Crippen molar-refractivity contribution in [2.75, 3.05) is 6.54 Å². The van der Waals surface area contributed by atoms with Crippen molar-refractivity contribution in [2.45, 2.75) is 25.2 Å². The van der Waals surface area contributed by atoms with E-state index in [4.69, 9.17) is 23.2 Å². The summed E-state index contributed by atoms with van der Waals surface area (Å²) in [5.41, 5.74) is -0.702. The molecule has 3 rings (SSSR count). The minimum absolute atomic E-state index is 0.0382. The molecule has 2 N–H and O–H groups in total. The number of rotatable bonds is 7. The zero-order chi connectivity index (χ0) is 26.8. The molecule has 0 saturated carbocycles. The number of hydrogen-bond donors (Lipinski definition) is 2. The van der Waals surface area contributed by atoms with Crippen LogP contribution in [0.2, 0.25) is 10.0 Å². The summed E-state index contributed by atoms with van der Waals surface area (Å²) in [4.78, 5) is 26.6. The molecule has 1 amide bonds. The number of aromatic amines is 1. The summed E-state index contributed by atoms with van der Waals surface area (Å²) in [6, 6.07) is 6.07. The van der Waals surface area contributed by atoms with Crippen molar-refractivity contribution in [3.05, 3.63) is 75.2 Å². The number of H-pyrrole nitrogens is 1. The Labute approximate surface area is 209 Å². The highest BCUT2D eigenvalue weighted by molar-refractivity contribution is 6.35. The van der Waals surface area contributed by atoms with Gasteiger partial charge in [-0.3, -0.25) is 9.59 Å². The fourth-order valence-corrected chi connectivity index (χ4v) is 3.86. The average Bonchev–Trinajstić information content (AvgIpc) is 3.17. The second-order valence-electron chi connectivity index (χ2n) is 7.65. The maximum Gasteiger partial charge on any atom is 0.416 e. The molecule has 0 aliphatic carbocycles. The molecule has 0 radical (unpaired) electrons. The fourth-order valence-electron chi connectivity index (χ4n) is 3.37. The molecule has 3 aromatic rings. The quantitative estimate of drug-likeness (QED) is 0.187. The molecule has 0 aliphatic rings. The maximum atomic E-state index is 13.7. The first-order valence-electron chi connectivity index (χ1n) is 10.0. The van der Waals surface area contributed by atoms with Gasteiger partial charge in [0, 0.05) is 22.7 Å². The molecule has 0 atom stereocenters. The summed E-state index contributed by atoms with van der Waals surface area (Å²) in [7, 11) is 0. The van der Waals surface area contributed by atoms with Gasteiger partial charge in [-0.2, -0.15) is 26.3 Å². The smallest absolute Gasteiger partial charge is 0.360 e. The summed E-state index contributed by atoms with van der Waals surface area (Å²) in [5.74, 6) is -3.12. The van der Waals surface area contributed by atoms with Gasteiger partial charge in [-0.1, -0.05) is 35.3 Å². The van der Waals surface area contributed by atoms with Crippen molar-refractivity contribution in [1.29, 1.82) is 0 Å². The van der Waals surface area contributed by atoms with Crippen LogP contribution in [0.25, 0.3) is 16.5 Å². The van der Waals surface area contributed by atoms with E-state index in [1.165, 1.54) is 24.4 Å². The van der Waals surface area contributed by atoms with Crippen LogP contribution in [-0.2, 0) is 11.2 Å². The SMILES string of the molecule is O=C(CC(F)(F)F)NCC(=O)c1c[nH]c2ccc(CC=C(c3cc(Cl)c(F)c(Cl)c3)C(F)(F)F)cc12. The van der Waals surface area contributed by atoms with Gasteiger partial charge in [0.15, 0.2) is 11.6 Å². The summed E-state index contributed by atoms with van der Waals surface area (Å²) in [6.45, 7) is -0.698. The Balaban J connectivity index is 1.85. The molecule has 2 aromatic carbocycles. The lowest BCUT2D eigenvalue weighted by molar-refractivity contribution is -0.153. The summed E-state index contributed by atoms with van der Waals surface area (Å²) < 4.78 is 91.5. The van der Waals surface area contributed by atoms with Gasteiger partial charge in [0.1, 0.15) is 6.42 Å². The lowest BCUT2D eigenvalue weighted by atomic mass is 10.0. The summed E-state index contributed by atoms with van der Waals surface area (Å²) >= 11 is 11.3. The Morgan fingerprint density at radius 2 is 1.64 bits per heavy atom. The van der Waals surface area contributed by atoms with Crippen LogP contribution in [0.1, 0.15) is 27.9 Å². The minimum atomic E-state index is -4.82. The van der Waals surface area contributed by atoms with Gasteiger partial charge in [-0.25, -0.2) is 4.39 Å². The first-order chi connectivity index (χ1) is 16.7. The molecule has 4 nitrogen and oxygen atoms in total. The molecule has 13 heteroatoms. The molecule has 1 aromatic heterocycles. The van der Waals surface area contributed by atoms with Crippen molar-refractivity contribution < 1.29 is 40.3 Å². The van der Waals surface area contributed by atoms with Crippen LogP contribution in [0.5, 0.6) is 0 Å². The van der Waals surface area contributed by atoms with Crippen molar-refractivity contribution in [1.82, 2.24) is 10.3 Å². The third-order valence-electron chi connectivity index (χ3n) is 5.00. The van der Waals surface area contributed by atoms with Crippen LogP contribution in [0.4, 0.5) is 30.7 Å². The van der Waals surface area contributed by atoms with E-state index in [0.29, 0.717) is 16.5 Å². The van der Waals surface area contributed by atoms with E-state index in [9.17, 15) is 40.3 Å². The van der Waals surface area contributed by atoms with Gasteiger partial charge < -0.3 is 10.3 Å². The van der Waals surface area contributed by atoms with Gasteiger partial charge in [0.25, 0.3) is 0 Å². The number of benzene rings is 2. The van der Waals surface area contributed by atoms with Crippen LogP contribution in [-0.4, -0.2) is 35.6 Å². The molecule has 0 spiro atoms. The summed E-state index contributed by atoms with van der Waals surface area (Å²) in [6.07, 6.45) is -9.40. The number of aromatic nitrogens is 1. The van der Waals surface area contributed by atoms with Crippen molar-refractivity contribution in [3.63, 3.8) is 0 Å². The van der Waals surface area contributed by atoms with E-state index in [1.807, 2.05) is 5.32 Å². The van der Waals surface area contributed by atoms with Gasteiger partial charge >= 0.3 is 12.4 Å². The molecular formula is C23H15Cl2F7N2O2. The van der Waals surface area contributed by atoms with E-state index in [0.717, 1.165) is 18.2 Å². The normalized spacial score (nSPS) is 12.8. The van der Waals surface area contributed by atoms with Crippen LogP contribution in [0.15, 0.2) is 42.6 Å². The highest BCUT2D eigenvalue weighted by Gasteiger charge is 2.35. The number of hydrogen-bond acceptors (Lipinski definition) is 2. The number of carbonyl (C=O) groups is 2. The number of ketones is 1. The Hall–Kier alpha value is -3.05. The topological polar surface area (TPSA) is 62.0 Å². The number of amides is 1. The van der Waals surface area contributed by atoms with E-state index in [1.54, 1.807) is 0 Å². The molecule has 36 heavy (non-hydrogen) atoms. The Bertz CT molecular complexity index is 1320. The van der Waals surface area contributed by atoms with Crippen LogP contribution in [0, 0.1) is 5.82 Å². The molecule has 0 bridgehead atoms.